The molecular weight excluding hydrogens is 427 g/mol. The Hall–Kier alpha value is -3.37. The van der Waals surface area contributed by atoms with Gasteiger partial charge in [0.25, 0.3) is 5.56 Å². The lowest BCUT2D eigenvalue weighted by Gasteiger charge is -2.28. The van der Waals surface area contributed by atoms with Gasteiger partial charge in [-0.3, -0.25) is 19.4 Å². The van der Waals surface area contributed by atoms with Gasteiger partial charge in [-0.15, -0.1) is 0 Å². The fourth-order valence-electron chi connectivity index (χ4n) is 4.11. The minimum Gasteiger partial charge on any atom is -0.353 e. The summed E-state index contributed by atoms with van der Waals surface area (Å²) >= 11 is 0. The molecule has 0 radical (unpaired) electrons. The summed E-state index contributed by atoms with van der Waals surface area (Å²) < 4.78 is 38.8. The lowest BCUT2D eigenvalue weighted by Crippen LogP contribution is -2.43. The van der Waals surface area contributed by atoms with E-state index in [0.29, 0.717) is 0 Å². The number of hydrogen-bond acceptors (Lipinski definition) is 5. The van der Waals surface area contributed by atoms with Crippen LogP contribution in [0.15, 0.2) is 29.1 Å². The first-order valence-corrected chi connectivity index (χ1v) is 10.4. The van der Waals surface area contributed by atoms with Gasteiger partial charge in [0, 0.05) is 18.2 Å². The molecule has 1 aliphatic carbocycles. The highest BCUT2D eigenvalue weighted by Gasteiger charge is 2.36. The van der Waals surface area contributed by atoms with Crippen LogP contribution in [0.3, 0.4) is 0 Å². The summed E-state index contributed by atoms with van der Waals surface area (Å²) in [5.41, 5.74) is -1.42. The number of anilines is 3. The van der Waals surface area contributed by atoms with Crippen molar-refractivity contribution in [2.75, 3.05) is 10.6 Å². The number of aromatic nitrogens is 2. The van der Waals surface area contributed by atoms with E-state index < -0.39 is 35.0 Å². The van der Waals surface area contributed by atoms with Crippen LogP contribution in [0.5, 0.6) is 0 Å². The third-order valence-corrected chi connectivity index (χ3v) is 5.67. The molecule has 4 N–H and O–H groups in total. The fraction of sp³-hybridized carbons (Fsp3) is 0.429. The van der Waals surface area contributed by atoms with Gasteiger partial charge in [0.05, 0.1) is 17.0 Å². The van der Waals surface area contributed by atoms with Crippen molar-refractivity contribution in [2.45, 2.75) is 56.7 Å². The summed E-state index contributed by atoms with van der Waals surface area (Å²) in [6.07, 6.45) is 0.140. The number of amides is 2. The molecule has 1 saturated carbocycles. The molecule has 2 heterocycles. The summed E-state index contributed by atoms with van der Waals surface area (Å²) in [5.74, 6) is -2.09. The van der Waals surface area contributed by atoms with Gasteiger partial charge in [0.2, 0.25) is 17.8 Å². The molecule has 1 aliphatic heterocycles. The second-order valence-corrected chi connectivity index (χ2v) is 8.03. The average molecular weight is 449 g/mol. The molecule has 0 saturated heterocycles. The van der Waals surface area contributed by atoms with E-state index in [-0.39, 0.29) is 35.5 Å². The summed E-state index contributed by atoms with van der Waals surface area (Å²) in [7, 11) is 0. The van der Waals surface area contributed by atoms with Gasteiger partial charge in [0.1, 0.15) is 5.82 Å². The second-order valence-electron chi connectivity index (χ2n) is 8.03. The van der Waals surface area contributed by atoms with Gasteiger partial charge >= 0.3 is 6.18 Å². The third-order valence-electron chi connectivity index (χ3n) is 5.67. The van der Waals surface area contributed by atoms with Gasteiger partial charge < -0.3 is 16.0 Å². The Bertz CT molecular complexity index is 1090. The van der Waals surface area contributed by atoms with Crippen LogP contribution in [0.4, 0.5) is 30.6 Å². The molecular formula is C21H22F3N5O3. The molecule has 1 fully saturated rings. The van der Waals surface area contributed by atoms with Crippen LogP contribution in [0.2, 0.25) is 0 Å². The van der Waals surface area contributed by atoms with Crippen LogP contribution >= 0.6 is 0 Å². The van der Waals surface area contributed by atoms with E-state index in [4.69, 9.17) is 0 Å². The Morgan fingerprint density at radius 3 is 2.59 bits per heavy atom. The smallest absolute Gasteiger partial charge is 0.353 e. The van der Waals surface area contributed by atoms with Crippen LogP contribution in [0.1, 0.15) is 55.6 Å². The van der Waals surface area contributed by atoms with Gasteiger partial charge in [-0.1, -0.05) is 25.3 Å². The number of nitrogens with one attached hydrogen (secondary N) is 4. The first kappa shape index (κ1) is 21.8. The number of fused-ring (bicyclic) bond motifs is 1. The minimum absolute atomic E-state index is 0.0126. The summed E-state index contributed by atoms with van der Waals surface area (Å²) in [6, 6.07) is 4.41. The number of carbonyl (C=O) groups is 2. The molecule has 32 heavy (non-hydrogen) atoms. The highest BCUT2D eigenvalue weighted by Crippen LogP contribution is 2.32. The Morgan fingerprint density at radius 1 is 1.12 bits per heavy atom. The van der Waals surface area contributed by atoms with Crippen molar-refractivity contribution < 1.29 is 22.8 Å². The first-order chi connectivity index (χ1) is 15.2. The van der Waals surface area contributed by atoms with E-state index in [9.17, 15) is 27.6 Å². The van der Waals surface area contributed by atoms with Crippen molar-refractivity contribution in [2.24, 2.45) is 0 Å². The van der Waals surface area contributed by atoms with Gasteiger partial charge in [-0.05, 0) is 31.0 Å². The number of H-pyrrole nitrogens is 1. The zero-order valence-electron chi connectivity index (χ0n) is 17.0. The maximum absolute atomic E-state index is 12.9. The van der Waals surface area contributed by atoms with Crippen molar-refractivity contribution >= 4 is 29.3 Å². The van der Waals surface area contributed by atoms with E-state index >= 15 is 0 Å². The first-order valence-electron chi connectivity index (χ1n) is 10.4. The average Bonchev–Trinajstić information content (AvgIpc) is 2.73. The SMILES string of the molecule is O=C1C[C@@H](C(=O)NC2CCCCC2)c2c(nc(Nc3cccc(C(F)(F)F)c3)[nH]c2=O)N1. The minimum atomic E-state index is -4.53. The molecule has 170 valence electrons. The monoisotopic (exact) mass is 449 g/mol. The Labute approximate surface area is 181 Å². The molecule has 1 aromatic carbocycles. The molecule has 8 nitrogen and oxygen atoms in total. The molecule has 2 amide bonds. The number of aromatic amines is 1. The number of alkyl halides is 3. The molecule has 0 spiro atoms. The molecule has 11 heteroatoms. The van der Waals surface area contributed by atoms with E-state index in [2.05, 4.69) is 25.9 Å². The zero-order valence-corrected chi connectivity index (χ0v) is 17.0. The van der Waals surface area contributed by atoms with Crippen LogP contribution in [-0.2, 0) is 15.8 Å². The Kier molecular flexibility index (Phi) is 5.90. The van der Waals surface area contributed by atoms with Crippen molar-refractivity contribution in [3.8, 4) is 0 Å². The molecule has 2 aromatic rings. The van der Waals surface area contributed by atoms with Crippen LogP contribution in [0, 0.1) is 0 Å². The van der Waals surface area contributed by atoms with Crippen LogP contribution in [-0.4, -0.2) is 27.8 Å². The maximum atomic E-state index is 12.9. The molecule has 4 rings (SSSR count). The highest BCUT2D eigenvalue weighted by molar-refractivity contribution is 6.00. The molecule has 0 bridgehead atoms. The van der Waals surface area contributed by atoms with Crippen molar-refractivity contribution in [3.05, 3.63) is 45.7 Å². The largest absolute Gasteiger partial charge is 0.416 e. The van der Waals surface area contributed by atoms with E-state index in [0.717, 1.165) is 44.2 Å². The van der Waals surface area contributed by atoms with Crippen molar-refractivity contribution in [1.82, 2.24) is 15.3 Å². The topological polar surface area (TPSA) is 116 Å². The number of nitrogens with zero attached hydrogens (tertiary/aromatic N) is 1. The quantitative estimate of drug-likeness (QED) is 0.571. The fourth-order valence-corrected chi connectivity index (χ4v) is 4.11. The number of benzene rings is 1. The molecule has 1 aromatic heterocycles. The number of rotatable bonds is 4. The van der Waals surface area contributed by atoms with E-state index in [1.54, 1.807) is 0 Å². The summed E-state index contributed by atoms with van der Waals surface area (Å²) in [6.45, 7) is 0. The predicted molar refractivity (Wildman–Crippen MR) is 111 cm³/mol. The lowest BCUT2D eigenvalue weighted by molar-refractivity contribution is -0.137. The number of carbonyl (C=O) groups excluding carboxylic acids is 2. The van der Waals surface area contributed by atoms with Gasteiger partial charge in [0.15, 0.2) is 0 Å². The third kappa shape index (κ3) is 4.76. The number of hydrogen-bond donors (Lipinski definition) is 4. The predicted octanol–water partition coefficient (Wildman–Crippen LogP) is 3.41. The summed E-state index contributed by atoms with van der Waals surface area (Å²) in [4.78, 5) is 44.4. The Morgan fingerprint density at radius 2 is 1.88 bits per heavy atom. The highest BCUT2D eigenvalue weighted by atomic mass is 19.4. The van der Waals surface area contributed by atoms with Gasteiger partial charge in [-0.2, -0.15) is 18.2 Å². The Balaban J connectivity index is 1.59. The molecule has 1 atom stereocenters. The van der Waals surface area contributed by atoms with Crippen molar-refractivity contribution in [1.29, 1.82) is 0 Å². The van der Waals surface area contributed by atoms with Crippen LogP contribution in [0.25, 0.3) is 0 Å². The van der Waals surface area contributed by atoms with Crippen LogP contribution < -0.4 is 21.5 Å². The van der Waals surface area contributed by atoms with Gasteiger partial charge in [-0.25, -0.2) is 0 Å². The van der Waals surface area contributed by atoms with E-state index in [1.807, 2.05) is 0 Å². The standard InChI is InChI=1S/C21H22F3N5O3/c22-21(23,24)11-5-4-8-13(9-11)26-20-28-17-16(19(32)29-20)14(10-15(30)27-17)18(31)25-12-6-2-1-3-7-12/h4-5,8-9,12,14H,1-3,6-7,10H2,(H,25,31)(H3,26,27,28,29,30,32)/t14-/m1/s1. The lowest BCUT2D eigenvalue weighted by atomic mass is 9.90. The maximum Gasteiger partial charge on any atom is 0.416 e. The van der Waals surface area contributed by atoms with Crippen molar-refractivity contribution in [3.63, 3.8) is 0 Å². The second kappa shape index (κ2) is 8.64. The molecule has 2 aliphatic rings. The number of halogens is 3. The zero-order chi connectivity index (χ0) is 22.9. The summed E-state index contributed by atoms with van der Waals surface area (Å²) in [5, 5.41) is 8.02. The molecule has 0 unspecified atom stereocenters. The van der Waals surface area contributed by atoms with E-state index in [1.165, 1.54) is 12.1 Å². The normalized spacial score (nSPS) is 19.1.